The third-order valence-electron chi connectivity index (χ3n) is 3.92. The number of aromatic amines is 1. The Labute approximate surface area is 114 Å². The lowest BCUT2D eigenvalue weighted by atomic mass is 9.98. The van der Waals surface area contributed by atoms with E-state index in [2.05, 4.69) is 36.4 Å². The molecule has 1 aromatic heterocycles. The number of hydrogen-bond donors (Lipinski definition) is 2. The van der Waals surface area contributed by atoms with Gasteiger partial charge in [-0.2, -0.15) is 0 Å². The quantitative estimate of drug-likeness (QED) is 0.827. The monoisotopic (exact) mass is 258 g/mol. The maximum Gasteiger partial charge on any atom is 0.132 e. The highest BCUT2D eigenvalue weighted by Crippen LogP contribution is 2.37. The van der Waals surface area contributed by atoms with Gasteiger partial charge in [-0.1, -0.05) is 13.0 Å². The third-order valence-corrected chi connectivity index (χ3v) is 3.92. The lowest BCUT2D eigenvalue weighted by molar-refractivity contribution is 0.292. The summed E-state index contributed by atoms with van der Waals surface area (Å²) in [6, 6.07) is 2.28. The zero-order chi connectivity index (χ0) is 13.2. The van der Waals surface area contributed by atoms with Crippen molar-refractivity contribution >= 4 is 10.9 Å². The molecular formula is C16H22N2O. The number of nitrogens with one attached hydrogen (secondary N) is 2. The van der Waals surface area contributed by atoms with Gasteiger partial charge in [0.1, 0.15) is 5.75 Å². The molecule has 0 unspecified atom stereocenters. The van der Waals surface area contributed by atoms with E-state index in [4.69, 9.17) is 4.74 Å². The molecule has 0 saturated heterocycles. The van der Waals surface area contributed by atoms with E-state index in [1.807, 2.05) is 0 Å². The van der Waals surface area contributed by atoms with E-state index in [-0.39, 0.29) is 0 Å². The predicted octanol–water partition coefficient (Wildman–Crippen LogP) is 2.95. The highest BCUT2D eigenvalue weighted by atomic mass is 16.5. The fraction of sp³-hybridized carbons (Fsp3) is 0.500. The zero-order valence-electron chi connectivity index (χ0n) is 11.8. The first-order valence-corrected chi connectivity index (χ1v) is 7.27. The maximum atomic E-state index is 5.96. The number of likely N-dealkylation sites (N-methyl/N-ethyl adjacent to an activating group) is 1. The van der Waals surface area contributed by atoms with Crippen molar-refractivity contribution in [3.63, 3.8) is 0 Å². The van der Waals surface area contributed by atoms with E-state index in [0.717, 1.165) is 44.7 Å². The van der Waals surface area contributed by atoms with Crippen LogP contribution in [-0.4, -0.2) is 24.7 Å². The second kappa shape index (κ2) is 5.25. The molecule has 0 aliphatic carbocycles. The Hall–Kier alpha value is -1.48. The largest absolute Gasteiger partial charge is 0.493 e. The van der Waals surface area contributed by atoms with Crippen molar-refractivity contribution in [2.24, 2.45) is 0 Å². The molecule has 0 radical (unpaired) electrons. The van der Waals surface area contributed by atoms with E-state index in [1.54, 1.807) is 0 Å². The van der Waals surface area contributed by atoms with Crippen LogP contribution in [0.5, 0.6) is 5.75 Å². The second-order valence-electron chi connectivity index (χ2n) is 5.30. The normalized spacial score (nSPS) is 14.4. The Bertz CT molecular complexity index is 586. The number of H-pyrrole nitrogens is 1. The van der Waals surface area contributed by atoms with E-state index in [1.165, 1.54) is 27.6 Å². The van der Waals surface area contributed by atoms with Gasteiger partial charge in [-0.3, -0.25) is 0 Å². The Kier molecular flexibility index (Phi) is 3.47. The molecule has 0 atom stereocenters. The van der Waals surface area contributed by atoms with Crippen molar-refractivity contribution in [1.82, 2.24) is 10.3 Å². The second-order valence-corrected chi connectivity index (χ2v) is 5.30. The predicted molar refractivity (Wildman–Crippen MR) is 79.1 cm³/mol. The summed E-state index contributed by atoms with van der Waals surface area (Å²) in [6.07, 6.45) is 5.47. The van der Waals surface area contributed by atoms with Gasteiger partial charge in [-0.05, 0) is 56.0 Å². The van der Waals surface area contributed by atoms with Crippen LogP contribution in [0.4, 0.5) is 0 Å². The molecule has 3 nitrogen and oxygen atoms in total. The van der Waals surface area contributed by atoms with Crippen LogP contribution in [0.2, 0.25) is 0 Å². The zero-order valence-corrected chi connectivity index (χ0v) is 11.8. The average molecular weight is 258 g/mol. The number of hydrogen-bond acceptors (Lipinski definition) is 2. The molecule has 102 valence electrons. The summed E-state index contributed by atoms with van der Waals surface area (Å²) < 4.78 is 5.96. The third kappa shape index (κ3) is 2.23. The van der Waals surface area contributed by atoms with Crippen LogP contribution in [0, 0.1) is 6.92 Å². The summed E-state index contributed by atoms with van der Waals surface area (Å²) in [6.45, 7) is 7.22. The molecule has 0 spiro atoms. The number of rotatable bonds is 4. The SMILES string of the molecule is CCNCCc1c[nH]c2c(C)cc3c(c12)OCCC3. The highest BCUT2D eigenvalue weighted by Gasteiger charge is 2.18. The van der Waals surface area contributed by atoms with Crippen molar-refractivity contribution in [3.8, 4) is 5.75 Å². The van der Waals surface area contributed by atoms with Gasteiger partial charge in [-0.15, -0.1) is 0 Å². The van der Waals surface area contributed by atoms with Gasteiger partial charge < -0.3 is 15.0 Å². The van der Waals surface area contributed by atoms with Gasteiger partial charge in [0.05, 0.1) is 12.1 Å². The van der Waals surface area contributed by atoms with Gasteiger partial charge in [0.2, 0.25) is 0 Å². The van der Waals surface area contributed by atoms with Crippen molar-refractivity contribution in [3.05, 3.63) is 29.0 Å². The standard InChI is InChI=1S/C16H22N2O/c1-3-17-7-6-13-10-18-15-11(2)9-12-5-4-8-19-16(12)14(13)15/h9-10,17-18H,3-8H2,1-2H3. The molecule has 1 aliphatic heterocycles. The number of benzene rings is 1. The first kappa shape index (κ1) is 12.5. The lowest BCUT2D eigenvalue weighted by Gasteiger charge is -2.20. The van der Waals surface area contributed by atoms with E-state index in [0.29, 0.717) is 0 Å². The van der Waals surface area contributed by atoms with Crippen LogP contribution in [0.15, 0.2) is 12.3 Å². The maximum absolute atomic E-state index is 5.96. The summed E-state index contributed by atoms with van der Waals surface area (Å²) in [4.78, 5) is 3.43. The molecule has 2 heterocycles. The summed E-state index contributed by atoms with van der Waals surface area (Å²) >= 11 is 0. The minimum Gasteiger partial charge on any atom is -0.493 e. The Balaban J connectivity index is 2.06. The van der Waals surface area contributed by atoms with Crippen LogP contribution in [0.1, 0.15) is 30.0 Å². The average Bonchev–Trinajstić information content (AvgIpc) is 2.84. The van der Waals surface area contributed by atoms with Crippen LogP contribution < -0.4 is 10.1 Å². The van der Waals surface area contributed by atoms with Crippen molar-refractivity contribution in [1.29, 1.82) is 0 Å². The first-order valence-electron chi connectivity index (χ1n) is 7.27. The van der Waals surface area contributed by atoms with Crippen LogP contribution >= 0.6 is 0 Å². The fourth-order valence-corrected chi connectivity index (χ4v) is 2.98. The minimum atomic E-state index is 0.850. The molecule has 3 heteroatoms. The van der Waals surface area contributed by atoms with E-state index >= 15 is 0 Å². The Morgan fingerprint density at radius 3 is 3.16 bits per heavy atom. The Morgan fingerprint density at radius 1 is 1.42 bits per heavy atom. The summed E-state index contributed by atoms with van der Waals surface area (Å²) in [5, 5.41) is 4.70. The van der Waals surface area contributed by atoms with Gasteiger partial charge in [0.15, 0.2) is 0 Å². The van der Waals surface area contributed by atoms with Gasteiger partial charge in [0.25, 0.3) is 0 Å². The van der Waals surface area contributed by atoms with Gasteiger partial charge in [0, 0.05) is 11.6 Å². The fourth-order valence-electron chi connectivity index (χ4n) is 2.98. The molecule has 1 aliphatic rings. The van der Waals surface area contributed by atoms with Gasteiger partial charge in [-0.25, -0.2) is 0 Å². The van der Waals surface area contributed by atoms with Crippen molar-refractivity contribution in [2.75, 3.05) is 19.7 Å². The highest BCUT2D eigenvalue weighted by molar-refractivity contribution is 5.93. The molecule has 2 aromatic rings. The number of aromatic nitrogens is 1. The number of ether oxygens (including phenoxy) is 1. The van der Waals surface area contributed by atoms with Crippen LogP contribution in [0.25, 0.3) is 10.9 Å². The molecule has 0 fully saturated rings. The molecule has 0 saturated carbocycles. The number of fused-ring (bicyclic) bond motifs is 3. The summed E-state index contributed by atoms with van der Waals surface area (Å²) in [7, 11) is 0. The molecule has 19 heavy (non-hydrogen) atoms. The molecule has 3 rings (SSSR count). The smallest absolute Gasteiger partial charge is 0.132 e. The van der Waals surface area contributed by atoms with Gasteiger partial charge >= 0.3 is 0 Å². The van der Waals surface area contributed by atoms with Crippen molar-refractivity contribution in [2.45, 2.75) is 33.1 Å². The molecule has 0 bridgehead atoms. The molecule has 2 N–H and O–H groups in total. The van der Waals surface area contributed by atoms with Crippen LogP contribution in [0.3, 0.4) is 0 Å². The van der Waals surface area contributed by atoms with Crippen molar-refractivity contribution < 1.29 is 4.74 Å². The summed E-state index contributed by atoms with van der Waals surface area (Å²) in [5.74, 6) is 1.12. The van der Waals surface area contributed by atoms with E-state index < -0.39 is 0 Å². The summed E-state index contributed by atoms with van der Waals surface area (Å²) in [5.41, 5.74) is 5.32. The molecular weight excluding hydrogens is 236 g/mol. The lowest BCUT2D eigenvalue weighted by Crippen LogP contribution is -2.16. The minimum absolute atomic E-state index is 0.850. The molecule has 0 amide bonds. The topological polar surface area (TPSA) is 37.0 Å². The van der Waals surface area contributed by atoms with Crippen LogP contribution in [-0.2, 0) is 12.8 Å². The first-order chi connectivity index (χ1) is 9.31. The number of aryl methyl sites for hydroxylation is 2. The Morgan fingerprint density at radius 2 is 2.32 bits per heavy atom. The van der Waals surface area contributed by atoms with E-state index in [9.17, 15) is 0 Å². The molecule has 1 aromatic carbocycles.